The molecule has 0 unspecified atom stereocenters. The Hall–Kier alpha value is -2.53. The predicted molar refractivity (Wildman–Crippen MR) is 88.6 cm³/mol. The topological polar surface area (TPSA) is 119 Å². The van der Waals surface area contributed by atoms with Gasteiger partial charge >= 0.3 is 0 Å². The van der Waals surface area contributed by atoms with E-state index in [1.165, 1.54) is 15.3 Å². The summed E-state index contributed by atoms with van der Waals surface area (Å²) in [6.07, 6.45) is 2.18. The van der Waals surface area contributed by atoms with Gasteiger partial charge in [-0.2, -0.15) is 4.31 Å². The standard InChI is InChI=1S/C15H18N6O4S/c22-15(5-6-20-10-16-18-19-20)17-11-7-12-9-25-13-3-1-2-4-14(13)26(23,24)21(12)8-11/h1-4,10-12H,5-9H2,(H,17,22)/t11-,12-/m0/s1. The minimum atomic E-state index is -3.65. The maximum absolute atomic E-state index is 12.9. The van der Waals surface area contributed by atoms with E-state index in [2.05, 4.69) is 20.8 Å². The number of carbonyl (C=O) groups excluding carboxylic acids is 1. The Morgan fingerprint density at radius 2 is 2.19 bits per heavy atom. The van der Waals surface area contributed by atoms with Crippen molar-refractivity contribution in [1.29, 1.82) is 0 Å². The molecule has 1 aromatic carbocycles. The number of hydrogen-bond donors (Lipinski definition) is 1. The molecule has 11 heteroatoms. The van der Waals surface area contributed by atoms with E-state index >= 15 is 0 Å². The second-order valence-electron chi connectivity index (χ2n) is 6.31. The van der Waals surface area contributed by atoms with E-state index in [9.17, 15) is 13.2 Å². The van der Waals surface area contributed by atoms with Crippen molar-refractivity contribution in [2.75, 3.05) is 13.2 Å². The molecule has 0 spiro atoms. The average molecular weight is 378 g/mol. The van der Waals surface area contributed by atoms with Gasteiger partial charge in [-0.3, -0.25) is 4.79 Å². The maximum atomic E-state index is 12.9. The summed E-state index contributed by atoms with van der Waals surface area (Å²) in [5, 5.41) is 13.6. The summed E-state index contributed by atoms with van der Waals surface area (Å²) in [4.78, 5) is 12.3. The molecule has 0 bridgehead atoms. The van der Waals surface area contributed by atoms with Crippen molar-refractivity contribution in [2.24, 2.45) is 0 Å². The number of hydrogen-bond acceptors (Lipinski definition) is 7. The monoisotopic (exact) mass is 378 g/mol. The maximum Gasteiger partial charge on any atom is 0.247 e. The first kappa shape index (κ1) is 16.9. The number of aryl methyl sites for hydroxylation is 1. The molecule has 0 saturated carbocycles. The van der Waals surface area contributed by atoms with Crippen LogP contribution in [0.1, 0.15) is 12.8 Å². The summed E-state index contributed by atoms with van der Waals surface area (Å²) in [5.74, 6) is 0.214. The van der Waals surface area contributed by atoms with Gasteiger partial charge in [-0.05, 0) is 29.0 Å². The molecular weight excluding hydrogens is 360 g/mol. The van der Waals surface area contributed by atoms with Crippen LogP contribution in [0.2, 0.25) is 0 Å². The summed E-state index contributed by atoms with van der Waals surface area (Å²) in [6, 6.07) is 6.09. The largest absolute Gasteiger partial charge is 0.490 e. The number of benzene rings is 1. The molecule has 10 nitrogen and oxygen atoms in total. The van der Waals surface area contributed by atoms with Gasteiger partial charge in [0.25, 0.3) is 0 Å². The van der Waals surface area contributed by atoms with Crippen molar-refractivity contribution in [3.05, 3.63) is 30.6 Å². The normalized spacial score (nSPS) is 24.2. The number of ether oxygens (including phenoxy) is 1. The number of nitrogens with zero attached hydrogens (tertiary/aromatic N) is 5. The van der Waals surface area contributed by atoms with Gasteiger partial charge in [0.1, 0.15) is 23.6 Å². The lowest BCUT2D eigenvalue weighted by atomic mass is 10.2. The van der Waals surface area contributed by atoms with E-state index in [4.69, 9.17) is 4.74 Å². The number of para-hydroxylation sites is 1. The summed E-state index contributed by atoms with van der Waals surface area (Å²) >= 11 is 0. The van der Waals surface area contributed by atoms with E-state index in [0.29, 0.717) is 18.7 Å². The molecule has 1 saturated heterocycles. The Kier molecular flexibility index (Phi) is 4.32. The smallest absolute Gasteiger partial charge is 0.247 e. The number of fused-ring (bicyclic) bond motifs is 2. The first-order chi connectivity index (χ1) is 12.5. The molecular formula is C15H18N6O4S. The van der Waals surface area contributed by atoms with Gasteiger partial charge in [0, 0.05) is 19.0 Å². The highest BCUT2D eigenvalue weighted by Crippen LogP contribution is 2.35. The quantitative estimate of drug-likeness (QED) is 0.755. The van der Waals surface area contributed by atoms with Gasteiger partial charge in [-0.15, -0.1) is 5.10 Å². The highest BCUT2D eigenvalue weighted by molar-refractivity contribution is 7.89. The second kappa shape index (κ2) is 6.65. The summed E-state index contributed by atoms with van der Waals surface area (Å²) in [7, 11) is -3.65. The van der Waals surface area contributed by atoms with Crippen LogP contribution in [0.5, 0.6) is 5.75 Å². The first-order valence-electron chi connectivity index (χ1n) is 8.28. The van der Waals surface area contributed by atoms with E-state index in [1.807, 2.05) is 0 Å². The van der Waals surface area contributed by atoms with Crippen molar-refractivity contribution >= 4 is 15.9 Å². The van der Waals surface area contributed by atoms with Crippen LogP contribution in [0, 0.1) is 0 Å². The van der Waals surface area contributed by atoms with Crippen LogP contribution in [-0.4, -0.2) is 64.1 Å². The minimum absolute atomic E-state index is 0.165. The van der Waals surface area contributed by atoms with Gasteiger partial charge in [0.05, 0.1) is 12.6 Å². The van der Waals surface area contributed by atoms with Crippen molar-refractivity contribution in [2.45, 2.75) is 36.4 Å². The lowest BCUT2D eigenvalue weighted by Crippen LogP contribution is -2.39. The lowest BCUT2D eigenvalue weighted by Gasteiger charge is -2.19. The van der Waals surface area contributed by atoms with Crippen molar-refractivity contribution < 1.29 is 17.9 Å². The van der Waals surface area contributed by atoms with Crippen LogP contribution in [-0.2, 0) is 21.4 Å². The molecule has 0 aliphatic carbocycles. The van der Waals surface area contributed by atoms with Crippen LogP contribution in [0.15, 0.2) is 35.5 Å². The Labute approximate surface area is 150 Å². The number of amides is 1. The molecule has 3 heterocycles. The van der Waals surface area contributed by atoms with Crippen LogP contribution < -0.4 is 10.1 Å². The zero-order chi connectivity index (χ0) is 18.1. The highest BCUT2D eigenvalue weighted by Gasteiger charge is 2.44. The molecule has 2 aliphatic rings. The van der Waals surface area contributed by atoms with Crippen molar-refractivity contribution in [3.63, 3.8) is 0 Å². The number of sulfonamides is 1. The van der Waals surface area contributed by atoms with Gasteiger partial charge in [-0.25, -0.2) is 13.1 Å². The fourth-order valence-corrected chi connectivity index (χ4v) is 5.13. The second-order valence-corrected chi connectivity index (χ2v) is 8.17. The van der Waals surface area contributed by atoms with Crippen LogP contribution in [0.25, 0.3) is 0 Å². The van der Waals surface area contributed by atoms with E-state index in [0.717, 1.165) is 0 Å². The van der Waals surface area contributed by atoms with Crippen LogP contribution in [0.4, 0.5) is 0 Å². The first-order valence-corrected chi connectivity index (χ1v) is 9.72. The highest BCUT2D eigenvalue weighted by atomic mass is 32.2. The zero-order valence-corrected chi connectivity index (χ0v) is 14.7. The van der Waals surface area contributed by atoms with Crippen LogP contribution >= 0.6 is 0 Å². The number of rotatable bonds is 4. The fraction of sp³-hybridized carbons (Fsp3) is 0.467. The molecule has 26 heavy (non-hydrogen) atoms. The molecule has 1 fully saturated rings. The summed E-state index contributed by atoms with van der Waals surface area (Å²) < 4.78 is 34.4. The molecule has 2 aliphatic heterocycles. The van der Waals surface area contributed by atoms with Gasteiger partial charge in [0.15, 0.2) is 0 Å². The minimum Gasteiger partial charge on any atom is -0.490 e. The average Bonchev–Trinajstić information content (AvgIpc) is 3.26. The molecule has 2 atom stereocenters. The summed E-state index contributed by atoms with van der Waals surface area (Å²) in [5.41, 5.74) is 0. The molecule has 1 amide bonds. The van der Waals surface area contributed by atoms with E-state index in [1.54, 1.807) is 24.3 Å². The third-order valence-corrected chi connectivity index (χ3v) is 6.51. The lowest BCUT2D eigenvalue weighted by molar-refractivity contribution is -0.122. The van der Waals surface area contributed by atoms with Crippen LogP contribution in [0.3, 0.4) is 0 Å². The zero-order valence-electron chi connectivity index (χ0n) is 13.9. The molecule has 1 aromatic heterocycles. The molecule has 1 N–H and O–H groups in total. The number of carbonyl (C=O) groups is 1. The van der Waals surface area contributed by atoms with E-state index < -0.39 is 10.0 Å². The van der Waals surface area contributed by atoms with Gasteiger partial charge < -0.3 is 10.1 Å². The van der Waals surface area contributed by atoms with Gasteiger partial charge in [0.2, 0.25) is 15.9 Å². The molecule has 138 valence electrons. The number of nitrogens with one attached hydrogen (secondary N) is 1. The molecule has 0 radical (unpaired) electrons. The van der Waals surface area contributed by atoms with Crippen molar-refractivity contribution in [1.82, 2.24) is 29.8 Å². The third-order valence-electron chi connectivity index (χ3n) is 4.56. The third kappa shape index (κ3) is 3.15. The Balaban J connectivity index is 1.42. The molecule has 4 rings (SSSR count). The SMILES string of the molecule is O=C(CCn1cnnn1)N[C@H]1C[C@H]2COc3ccccc3S(=O)(=O)N2C1. The molecule has 2 aromatic rings. The Morgan fingerprint density at radius 1 is 1.35 bits per heavy atom. The number of aromatic nitrogens is 4. The number of tetrazole rings is 1. The predicted octanol–water partition coefficient (Wildman–Crippen LogP) is -0.596. The van der Waals surface area contributed by atoms with Gasteiger partial charge in [-0.1, -0.05) is 12.1 Å². The van der Waals surface area contributed by atoms with Crippen molar-refractivity contribution in [3.8, 4) is 5.75 Å². The Bertz CT molecular complexity index is 901. The fourth-order valence-electron chi connectivity index (χ4n) is 3.33. The van der Waals surface area contributed by atoms with E-state index in [-0.39, 0.29) is 42.5 Å². The Morgan fingerprint density at radius 3 is 3.00 bits per heavy atom. The summed E-state index contributed by atoms with van der Waals surface area (Å²) in [6.45, 7) is 0.877.